The number of urea groups is 1. The van der Waals surface area contributed by atoms with Gasteiger partial charge in [0.15, 0.2) is 5.13 Å². The van der Waals surface area contributed by atoms with Crippen molar-refractivity contribution in [2.45, 2.75) is 19.3 Å². The number of benzene rings is 2. The van der Waals surface area contributed by atoms with Crippen LogP contribution in [-0.2, 0) is 17.6 Å². The lowest BCUT2D eigenvalue weighted by molar-refractivity contribution is -0.121. The van der Waals surface area contributed by atoms with Crippen molar-refractivity contribution in [2.24, 2.45) is 0 Å². The van der Waals surface area contributed by atoms with Gasteiger partial charge in [0, 0.05) is 29.1 Å². The molecule has 3 aromatic rings. The molecule has 0 fully saturated rings. The van der Waals surface area contributed by atoms with Crippen molar-refractivity contribution in [3.05, 3.63) is 70.2 Å². The molecule has 1 aromatic heterocycles. The van der Waals surface area contributed by atoms with Crippen molar-refractivity contribution in [1.29, 1.82) is 0 Å². The average Bonchev–Trinajstić information content (AvgIpc) is 3.19. The maximum absolute atomic E-state index is 12.1. The van der Waals surface area contributed by atoms with Gasteiger partial charge < -0.3 is 15.4 Å². The Bertz CT molecular complexity index is 1040. The average molecular weight is 459 g/mol. The maximum Gasteiger partial charge on any atom is 0.325 e. The van der Waals surface area contributed by atoms with E-state index < -0.39 is 6.03 Å². The predicted octanol–water partition coefficient (Wildman–Crippen LogP) is 4.74. The maximum atomic E-state index is 12.1. The molecule has 0 atom stereocenters. The second kappa shape index (κ2) is 11.3. The minimum Gasteiger partial charge on any atom is -0.497 e. The number of aryl methyl sites for hydroxylation is 1. The van der Waals surface area contributed by atoms with Crippen molar-refractivity contribution in [3.63, 3.8) is 0 Å². The number of carbonyl (C=O) groups excluding carboxylic acids is 2. The molecule has 7 nitrogen and oxygen atoms in total. The second-order valence-electron chi connectivity index (χ2n) is 6.68. The Labute approximate surface area is 189 Å². The third kappa shape index (κ3) is 7.58. The number of rotatable bonds is 9. The normalized spacial score (nSPS) is 10.4. The number of amides is 3. The van der Waals surface area contributed by atoms with Crippen LogP contribution in [0.1, 0.15) is 17.7 Å². The van der Waals surface area contributed by atoms with Crippen molar-refractivity contribution in [3.8, 4) is 5.75 Å². The van der Waals surface area contributed by atoms with E-state index in [4.69, 9.17) is 16.3 Å². The number of hydrogen-bond acceptors (Lipinski definition) is 5. The molecule has 162 valence electrons. The monoisotopic (exact) mass is 458 g/mol. The van der Waals surface area contributed by atoms with E-state index in [-0.39, 0.29) is 5.91 Å². The lowest BCUT2D eigenvalue weighted by Gasteiger charge is -2.06. The Balaban J connectivity index is 1.38. The van der Waals surface area contributed by atoms with E-state index in [2.05, 4.69) is 20.9 Å². The van der Waals surface area contributed by atoms with Gasteiger partial charge in [-0.1, -0.05) is 29.8 Å². The first kappa shape index (κ1) is 22.6. The zero-order valence-corrected chi connectivity index (χ0v) is 18.6. The molecule has 1 heterocycles. The molecule has 3 rings (SSSR count). The molecule has 0 unspecified atom stereocenters. The van der Waals surface area contributed by atoms with Crippen LogP contribution in [0.15, 0.2) is 53.9 Å². The Morgan fingerprint density at radius 2 is 1.94 bits per heavy atom. The van der Waals surface area contributed by atoms with Crippen LogP contribution in [0.3, 0.4) is 0 Å². The number of ether oxygens (including phenoxy) is 1. The molecule has 3 amide bonds. The van der Waals surface area contributed by atoms with Crippen LogP contribution in [-0.4, -0.2) is 30.6 Å². The number of carbonyl (C=O) groups is 2. The molecule has 0 saturated heterocycles. The molecule has 0 saturated carbocycles. The highest BCUT2D eigenvalue weighted by Crippen LogP contribution is 2.18. The minimum atomic E-state index is -0.404. The zero-order chi connectivity index (χ0) is 22.1. The highest BCUT2D eigenvalue weighted by Gasteiger charge is 2.09. The summed E-state index contributed by atoms with van der Waals surface area (Å²) >= 11 is 7.22. The van der Waals surface area contributed by atoms with E-state index >= 15 is 0 Å². The van der Waals surface area contributed by atoms with E-state index in [0.717, 1.165) is 23.4 Å². The van der Waals surface area contributed by atoms with Crippen molar-refractivity contribution in [2.75, 3.05) is 24.3 Å². The summed E-state index contributed by atoms with van der Waals surface area (Å²) in [7, 11) is 1.63. The molecule has 2 aromatic carbocycles. The lowest BCUT2D eigenvalue weighted by Crippen LogP contribution is -2.25. The molecule has 3 N–H and O–H groups in total. The van der Waals surface area contributed by atoms with Gasteiger partial charge in [-0.15, -0.1) is 11.3 Å². The van der Waals surface area contributed by atoms with Crippen LogP contribution >= 0.6 is 22.9 Å². The molecule has 31 heavy (non-hydrogen) atoms. The van der Waals surface area contributed by atoms with Gasteiger partial charge in [0.1, 0.15) is 5.75 Å². The largest absolute Gasteiger partial charge is 0.497 e. The Morgan fingerprint density at radius 3 is 2.74 bits per heavy atom. The number of nitrogens with zero attached hydrogens (tertiary/aromatic N) is 1. The van der Waals surface area contributed by atoms with Gasteiger partial charge in [-0.05, 0) is 48.7 Å². The highest BCUT2D eigenvalue weighted by atomic mass is 35.5. The van der Waals surface area contributed by atoms with Crippen LogP contribution in [0.25, 0.3) is 0 Å². The zero-order valence-electron chi connectivity index (χ0n) is 17.0. The fraction of sp³-hybridized carbons (Fsp3) is 0.227. The standard InChI is InChI=1S/C22H23ClN4O3S/c1-30-19-7-2-4-15(12-19)10-11-24-20(28)9-8-18-14-31-22(26-18)27-21(29)25-17-6-3-5-16(23)13-17/h2-7,12-14H,8-11H2,1H3,(H,24,28)(H2,25,26,27,29). The third-order valence-electron chi connectivity index (χ3n) is 4.33. The number of anilines is 2. The summed E-state index contributed by atoms with van der Waals surface area (Å²) in [4.78, 5) is 28.5. The molecule has 0 bridgehead atoms. The molecule has 0 aliphatic carbocycles. The van der Waals surface area contributed by atoms with E-state index in [1.54, 1.807) is 31.4 Å². The number of methoxy groups -OCH3 is 1. The van der Waals surface area contributed by atoms with E-state index in [9.17, 15) is 9.59 Å². The fourth-order valence-corrected chi connectivity index (χ4v) is 3.74. The van der Waals surface area contributed by atoms with Crippen LogP contribution in [0.2, 0.25) is 5.02 Å². The smallest absolute Gasteiger partial charge is 0.325 e. The summed E-state index contributed by atoms with van der Waals surface area (Å²) in [5.74, 6) is 0.766. The summed E-state index contributed by atoms with van der Waals surface area (Å²) in [5.41, 5.74) is 2.45. The summed E-state index contributed by atoms with van der Waals surface area (Å²) in [6.45, 7) is 0.555. The summed E-state index contributed by atoms with van der Waals surface area (Å²) in [6.07, 6.45) is 1.56. The van der Waals surface area contributed by atoms with Crippen molar-refractivity contribution in [1.82, 2.24) is 10.3 Å². The molecular weight excluding hydrogens is 436 g/mol. The van der Waals surface area contributed by atoms with Crippen molar-refractivity contribution < 1.29 is 14.3 Å². The van der Waals surface area contributed by atoms with Gasteiger partial charge in [0.2, 0.25) is 5.91 Å². The Morgan fingerprint density at radius 1 is 1.10 bits per heavy atom. The molecule has 0 aliphatic heterocycles. The first-order valence-electron chi connectivity index (χ1n) is 9.69. The van der Waals surface area contributed by atoms with Crippen LogP contribution in [0.4, 0.5) is 15.6 Å². The van der Waals surface area contributed by atoms with Gasteiger partial charge in [0.05, 0.1) is 12.8 Å². The van der Waals surface area contributed by atoms with Crippen LogP contribution in [0, 0.1) is 0 Å². The number of thiazole rings is 1. The van der Waals surface area contributed by atoms with E-state index in [1.165, 1.54) is 11.3 Å². The number of halogens is 1. The SMILES string of the molecule is COc1cccc(CCNC(=O)CCc2csc(NC(=O)Nc3cccc(Cl)c3)n2)c1. The summed E-state index contributed by atoms with van der Waals surface area (Å²) < 4.78 is 5.20. The van der Waals surface area contributed by atoms with Crippen molar-refractivity contribution >= 4 is 45.7 Å². The molecule has 0 aliphatic rings. The first-order chi connectivity index (χ1) is 15.0. The van der Waals surface area contributed by atoms with Gasteiger partial charge in [-0.3, -0.25) is 10.1 Å². The van der Waals surface area contributed by atoms with E-state index in [0.29, 0.717) is 35.2 Å². The van der Waals surface area contributed by atoms with E-state index in [1.807, 2.05) is 29.6 Å². The van der Waals surface area contributed by atoms with Gasteiger partial charge in [0.25, 0.3) is 0 Å². The fourth-order valence-electron chi connectivity index (χ4n) is 2.81. The second-order valence-corrected chi connectivity index (χ2v) is 7.98. The summed E-state index contributed by atoms with van der Waals surface area (Å²) in [6, 6.07) is 14.2. The Hall–Kier alpha value is -3.10. The number of nitrogens with one attached hydrogen (secondary N) is 3. The van der Waals surface area contributed by atoms with Crippen LogP contribution < -0.4 is 20.7 Å². The molecule has 0 spiro atoms. The minimum absolute atomic E-state index is 0.0379. The first-order valence-corrected chi connectivity index (χ1v) is 10.9. The third-order valence-corrected chi connectivity index (χ3v) is 5.37. The number of aromatic nitrogens is 1. The van der Waals surface area contributed by atoms with Gasteiger partial charge >= 0.3 is 6.03 Å². The highest BCUT2D eigenvalue weighted by molar-refractivity contribution is 7.13. The van der Waals surface area contributed by atoms with Gasteiger partial charge in [-0.2, -0.15) is 0 Å². The topological polar surface area (TPSA) is 92.4 Å². The molecular formula is C22H23ClN4O3S. The quantitative estimate of drug-likeness (QED) is 0.431. The van der Waals surface area contributed by atoms with Crippen LogP contribution in [0.5, 0.6) is 5.75 Å². The number of hydrogen-bond donors (Lipinski definition) is 3. The molecule has 9 heteroatoms. The lowest BCUT2D eigenvalue weighted by atomic mass is 10.1. The Kier molecular flexibility index (Phi) is 8.26. The summed E-state index contributed by atoms with van der Waals surface area (Å²) in [5, 5.41) is 11.1. The predicted molar refractivity (Wildman–Crippen MR) is 124 cm³/mol. The van der Waals surface area contributed by atoms with Gasteiger partial charge in [-0.25, -0.2) is 9.78 Å². The molecule has 0 radical (unpaired) electrons.